The topological polar surface area (TPSA) is 21.1 Å². The van der Waals surface area contributed by atoms with Gasteiger partial charge in [0.25, 0.3) is 0 Å². The third kappa shape index (κ3) is 3.09. The predicted molar refractivity (Wildman–Crippen MR) is 73.3 cm³/mol. The van der Waals surface area contributed by atoms with Gasteiger partial charge in [0.1, 0.15) is 0 Å². The first kappa shape index (κ1) is 14.2. The van der Waals surface area contributed by atoms with Gasteiger partial charge in [-0.15, -0.1) is 0 Å². The molecule has 0 fully saturated rings. The molecule has 1 aromatic heterocycles. The average Bonchev–Trinajstić information content (AvgIpc) is 2.55. The Morgan fingerprint density at radius 3 is 2.24 bits per heavy atom. The Bertz CT molecular complexity index is 372. The van der Waals surface area contributed by atoms with Crippen molar-refractivity contribution in [3.05, 3.63) is 17.0 Å². The van der Waals surface area contributed by atoms with E-state index in [9.17, 15) is 0 Å². The molecule has 3 nitrogen and oxygen atoms in total. The Hall–Kier alpha value is -0.830. The fourth-order valence-corrected chi connectivity index (χ4v) is 2.28. The average molecular weight is 237 g/mol. The molecular formula is C14H27N3. The summed E-state index contributed by atoms with van der Waals surface area (Å²) in [4.78, 5) is 2.33. The van der Waals surface area contributed by atoms with Crippen LogP contribution in [0, 0.1) is 0 Å². The maximum atomic E-state index is 4.67. The molecule has 0 aromatic carbocycles. The van der Waals surface area contributed by atoms with E-state index in [1.807, 2.05) is 0 Å². The van der Waals surface area contributed by atoms with Crippen molar-refractivity contribution in [1.82, 2.24) is 14.7 Å². The lowest BCUT2D eigenvalue weighted by Crippen LogP contribution is -2.23. The van der Waals surface area contributed by atoms with Gasteiger partial charge in [-0.2, -0.15) is 5.10 Å². The first-order valence-electron chi connectivity index (χ1n) is 6.55. The maximum Gasteiger partial charge on any atom is 0.0662 e. The molecular weight excluding hydrogens is 210 g/mol. The molecule has 0 bridgehead atoms. The van der Waals surface area contributed by atoms with E-state index in [4.69, 9.17) is 0 Å². The maximum absolute atomic E-state index is 4.67. The molecule has 0 aliphatic heterocycles. The molecule has 0 atom stereocenters. The van der Waals surface area contributed by atoms with E-state index in [2.05, 4.69) is 63.4 Å². The van der Waals surface area contributed by atoms with Crippen LogP contribution in [0.4, 0.5) is 0 Å². The van der Waals surface area contributed by atoms with Gasteiger partial charge in [-0.05, 0) is 25.4 Å². The summed E-state index contributed by atoms with van der Waals surface area (Å²) in [6.07, 6.45) is 1.01. The van der Waals surface area contributed by atoms with Gasteiger partial charge in [-0.1, -0.05) is 34.6 Å². The number of aromatic nitrogens is 2. The monoisotopic (exact) mass is 237 g/mol. The van der Waals surface area contributed by atoms with Gasteiger partial charge in [0.05, 0.1) is 11.4 Å². The van der Waals surface area contributed by atoms with E-state index in [-0.39, 0.29) is 5.41 Å². The molecule has 0 aliphatic rings. The molecule has 0 saturated carbocycles. The van der Waals surface area contributed by atoms with Gasteiger partial charge < -0.3 is 4.90 Å². The van der Waals surface area contributed by atoms with Crippen LogP contribution in [-0.2, 0) is 25.4 Å². The Morgan fingerprint density at radius 1 is 1.24 bits per heavy atom. The summed E-state index contributed by atoms with van der Waals surface area (Å²) >= 11 is 0. The molecule has 0 radical (unpaired) electrons. The van der Waals surface area contributed by atoms with Gasteiger partial charge >= 0.3 is 0 Å². The Morgan fingerprint density at radius 2 is 1.82 bits per heavy atom. The van der Waals surface area contributed by atoms with Gasteiger partial charge in [-0.3, -0.25) is 4.68 Å². The molecule has 98 valence electrons. The van der Waals surface area contributed by atoms with Crippen LogP contribution in [0.3, 0.4) is 0 Å². The van der Waals surface area contributed by atoms with E-state index >= 15 is 0 Å². The number of aryl methyl sites for hydroxylation is 2. The highest BCUT2D eigenvalue weighted by molar-refractivity contribution is 5.33. The summed E-state index contributed by atoms with van der Waals surface area (Å²) in [6.45, 7) is 13.2. The molecule has 0 N–H and O–H groups in total. The standard InChI is InChI=1S/C14H27N3/c1-8-11-13(14(3,4)5)12(17(7)15-11)10-16(6)9-2/h8-10H2,1-7H3. The summed E-state index contributed by atoms with van der Waals surface area (Å²) < 4.78 is 2.06. The fraction of sp³-hybridized carbons (Fsp3) is 0.786. The zero-order valence-corrected chi connectivity index (χ0v) is 12.5. The van der Waals surface area contributed by atoms with Gasteiger partial charge in [0, 0.05) is 19.2 Å². The molecule has 1 aromatic rings. The van der Waals surface area contributed by atoms with Crippen molar-refractivity contribution < 1.29 is 0 Å². The third-order valence-electron chi connectivity index (χ3n) is 3.28. The Kier molecular flexibility index (Phi) is 4.36. The first-order valence-corrected chi connectivity index (χ1v) is 6.55. The van der Waals surface area contributed by atoms with Crippen LogP contribution in [0.25, 0.3) is 0 Å². The van der Waals surface area contributed by atoms with Crippen LogP contribution in [0.15, 0.2) is 0 Å². The second-order valence-corrected chi connectivity index (χ2v) is 5.83. The minimum Gasteiger partial charge on any atom is -0.301 e. The van der Waals surface area contributed by atoms with Crippen LogP contribution >= 0.6 is 0 Å². The predicted octanol–water partition coefficient (Wildman–Crippen LogP) is 2.73. The molecule has 0 unspecified atom stereocenters. The van der Waals surface area contributed by atoms with E-state index in [1.54, 1.807) is 0 Å². The molecule has 1 heterocycles. The zero-order valence-electron chi connectivity index (χ0n) is 12.5. The molecule has 3 heteroatoms. The highest BCUT2D eigenvalue weighted by atomic mass is 15.3. The smallest absolute Gasteiger partial charge is 0.0662 e. The number of nitrogens with zero attached hydrogens (tertiary/aromatic N) is 3. The van der Waals surface area contributed by atoms with Gasteiger partial charge in [0.2, 0.25) is 0 Å². The van der Waals surface area contributed by atoms with Crippen molar-refractivity contribution in [3.8, 4) is 0 Å². The molecule has 0 saturated heterocycles. The molecule has 1 rings (SSSR count). The molecule has 17 heavy (non-hydrogen) atoms. The fourth-order valence-electron chi connectivity index (χ4n) is 2.28. The van der Waals surface area contributed by atoms with Gasteiger partial charge in [0.15, 0.2) is 0 Å². The number of hydrogen-bond acceptors (Lipinski definition) is 2. The van der Waals surface area contributed by atoms with Crippen molar-refractivity contribution in [1.29, 1.82) is 0 Å². The van der Waals surface area contributed by atoms with Crippen molar-refractivity contribution >= 4 is 0 Å². The summed E-state index contributed by atoms with van der Waals surface area (Å²) in [5.41, 5.74) is 4.21. The highest BCUT2D eigenvalue weighted by Crippen LogP contribution is 2.30. The summed E-state index contributed by atoms with van der Waals surface area (Å²) in [5.74, 6) is 0. The van der Waals surface area contributed by atoms with Crippen LogP contribution in [-0.4, -0.2) is 28.3 Å². The molecule has 0 spiro atoms. The minimum atomic E-state index is 0.170. The largest absolute Gasteiger partial charge is 0.301 e. The molecule has 0 aliphatic carbocycles. The highest BCUT2D eigenvalue weighted by Gasteiger charge is 2.26. The Balaban J connectivity index is 3.23. The van der Waals surface area contributed by atoms with Crippen molar-refractivity contribution in [2.45, 2.75) is 53.0 Å². The van der Waals surface area contributed by atoms with Crippen LogP contribution in [0.2, 0.25) is 0 Å². The van der Waals surface area contributed by atoms with E-state index in [0.29, 0.717) is 0 Å². The lowest BCUT2D eigenvalue weighted by Gasteiger charge is -2.23. The van der Waals surface area contributed by atoms with E-state index in [0.717, 1.165) is 19.5 Å². The number of rotatable bonds is 4. The second kappa shape index (κ2) is 5.21. The van der Waals surface area contributed by atoms with Crippen molar-refractivity contribution in [2.75, 3.05) is 13.6 Å². The second-order valence-electron chi connectivity index (χ2n) is 5.83. The number of hydrogen-bond donors (Lipinski definition) is 0. The Labute approximate surface area is 106 Å². The minimum absolute atomic E-state index is 0.170. The molecule has 0 amide bonds. The van der Waals surface area contributed by atoms with E-state index < -0.39 is 0 Å². The van der Waals surface area contributed by atoms with Gasteiger partial charge in [-0.25, -0.2) is 0 Å². The zero-order chi connectivity index (χ0) is 13.2. The lowest BCUT2D eigenvalue weighted by atomic mass is 9.84. The van der Waals surface area contributed by atoms with Crippen molar-refractivity contribution in [2.24, 2.45) is 7.05 Å². The lowest BCUT2D eigenvalue weighted by molar-refractivity contribution is 0.331. The summed E-state index contributed by atoms with van der Waals surface area (Å²) in [7, 11) is 4.22. The van der Waals surface area contributed by atoms with Crippen molar-refractivity contribution in [3.63, 3.8) is 0 Å². The first-order chi connectivity index (χ1) is 7.81. The summed E-state index contributed by atoms with van der Waals surface area (Å²) in [5, 5.41) is 4.67. The third-order valence-corrected chi connectivity index (χ3v) is 3.28. The van der Waals surface area contributed by atoms with Crippen LogP contribution < -0.4 is 0 Å². The van der Waals surface area contributed by atoms with Crippen LogP contribution in [0.5, 0.6) is 0 Å². The SMILES string of the molecule is CCc1nn(C)c(CN(C)CC)c1C(C)(C)C. The summed E-state index contributed by atoms with van der Waals surface area (Å²) in [6, 6.07) is 0. The normalized spacial score (nSPS) is 12.5. The quantitative estimate of drug-likeness (QED) is 0.803. The van der Waals surface area contributed by atoms with Crippen LogP contribution in [0.1, 0.15) is 51.6 Å². The van der Waals surface area contributed by atoms with E-state index in [1.165, 1.54) is 17.0 Å².